The minimum atomic E-state index is -4.45. The molecular formula is C22H22ClF3N8. The van der Waals surface area contributed by atoms with Gasteiger partial charge in [-0.05, 0) is 32.4 Å². The van der Waals surface area contributed by atoms with Crippen molar-refractivity contribution in [1.82, 2.24) is 34.1 Å². The quantitative estimate of drug-likeness (QED) is 0.426. The number of anilines is 2. The van der Waals surface area contributed by atoms with E-state index < -0.39 is 11.6 Å². The molecule has 0 aromatic carbocycles. The monoisotopic (exact) mass is 490 g/mol. The van der Waals surface area contributed by atoms with Gasteiger partial charge >= 0.3 is 6.18 Å². The van der Waals surface area contributed by atoms with Gasteiger partial charge in [-0.1, -0.05) is 11.6 Å². The fraction of sp³-hybridized carbons (Fsp3) is 0.364. The summed E-state index contributed by atoms with van der Waals surface area (Å²) >= 11 is 6.48. The van der Waals surface area contributed by atoms with E-state index in [0.717, 1.165) is 30.8 Å². The molecule has 0 spiro atoms. The third kappa shape index (κ3) is 3.64. The van der Waals surface area contributed by atoms with Gasteiger partial charge in [0.25, 0.3) is 0 Å². The molecule has 178 valence electrons. The lowest BCUT2D eigenvalue weighted by atomic mass is 9.91. The van der Waals surface area contributed by atoms with Crippen LogP contribution in [-0.4, -0.2) is 40.3 Å². The van der Waals surface area contributed by atoms with E-state index in [1.165, 1.54) is 0 Å². The molecule has 12 heteroatoms. The van der Waals surface area contributed by atoms with Gasteiger partial charge in [0.1, 0.15) is 22.9 Å². The molecule has 4 aromatic heterocycles. The molecule has 0 unspecified atom stereocenters. The van der Waals surface area contributed by atoms with Crippen LogP contribution < -0.4 is 5.32 Å². The summed E-state index contributed by atoms with van der Waals surface area (Å²) < 4.78 is 46.4. The first-order chi connectivity index (χ1) is 16.1. The number of nitrogens with one attached hydrogen (secondary N) is 1. The van der Waals surface area contributed by atoms with Gasteiger partial charge in [-0.15, -0.1) is 10.2 Å². The summed E-state index contributed by atoms with van der Waals surface area (Å²) in [6.07, 6.45) is 1.37. The van der Waals surface area contributed by atoms with Crippen LogP contribution in [0.1, 0.15) is 26.1 Å². The topological polar surface area (TPSA) is 78.4 Å². The highest BCUT2D eigenvalue weighted by Gasteiger charge is 2.52. The molecule has 1 aliphatic heterocycles. The molecule has 0 atom stereocenters. The number of halogens is 4. The van der Waals surface area contributed by atoms with Crippen molar-refractivity contribution in [2.45, 2.75) is 44.9 Å². The van der Waals surface area contributed by atoms with Crippen LogP contribution in [0.2, 0.25) is 5.02 Å². The molecule has 0 amide bonds. The highest BCUT2D eigenvalue weighted by molar-refractivity contribution is 6.33. The Morgan fingerprint density at radius 2 is 1.91 bits per heavy atom. The number of aryl methyl sites for hydroxylation is 2. The van der Waals surface area contributed by atoms with Gasteiger partial charge in [-0.2, -0.15) is 18.3 Å². The largest absolute Gasteiger partial charge is 0.400 e. The van der Waals surface area contributed by atoms with E-state index in [-0.39, 0.29) is 5.82 Å². The highest BCUT2D eigenvalue weighted by Crippen LogP contribution is 2.42. The fourth-order valence-electron chi connectivity index (χ4n) is 4.08. The zero-order valence-corrected chi connectivity index (χ0v) is 19.5. The maximum absolute atomic E-state index is 13.7. The summed E-state index contributed by atoms with van der Waals surface area (Å²) in [5.74, 6) is 1.67. The zero-order chi connectivity index (χ0) is 24.3. The van der Waals surface area contributed by atoms with Crippen molar-refractivity contribution in [1.29, 1.82) is 0 Å². The number of fused-ring (bicyclic) bond motifs is 3. The Hall–Kier alpha value is -3.34. The summed E-state index contributed by atoms with van der Waals surface area (Å²) in [4.78, 5) is 4.34. The van der Waals surface area contributed by atoms with Crippen LogP contribution in [0.25, 0.3) is 22.6 Å². The summed E-state index contributed by atoms with van der Waals surface area (Å²) in [6.45, 7) is 3.30. The first-order valence-corrected chi connectivity index (χ1v) is 11.1. The van der Waals surface area contributed by atoms with Gasteiger partial charge in [-0.25, -0.2) is 4.98 Å². The maximum Gasteiger partial charge on any atom is 0.400 e. The Morgan fingerprint density at radius 1 is 1.12 bits per heavy atom. The Labute approximate surface area is 198 Å². The summed E-state index contributed by atoms with van der Waals surface area (Å²) in [7, 11) is 1.81. The van der Waals surface area contributed by atoms with Crippen molar-refractivity contribution in [2.24, 2.45) is 7.05 Å². The molecule has 8 nitrogen and oxygen atoms in total. The first-order valence-electron chi connectivity index (χ1n) is 10.7. The predicted octanol–water partition coefficient (Wildman–Crippen LogP) is 5.18. The average Bonchev–Trinajstić information content (AvgIpc) is 3.46. The second-order valence-electron chi connectivity index (χ2n) is 8.80. The van der Waals surface area contributed by atoms with Crippen molar-refractivity contribution in [3.8, 4) is 22.6 Å². The lowest BCUT2D eigenvalue weighted by Gasteiger charge is -2.27. The van der Waals surface area contributed by atoms with Crippen LogP contribution in [0, 0.1) is 0 Å². The predicted molar refractivity (Wildman–Crippen MR) is 122 cm³/mol. The first kappa shape index (κ1) is 22.5. The third-order valence-corrected chi connectivity index (χ3v) is 6.47. The minimum absolute atomic E-state index is 0.0872. The molecule has 0 fully saturated rings. The molecule has 5 heterocycles. The molecule has 0 saturated heterocycles. The number of hydrogen-bond acceptors (Lipinski definition) is 5. The van der Waals surface area contributed by atoms with E-state index in [9.17, 15) is 13.2 Å². The normalized spacial score (nSPS) is 14.0. The van der Waals surface area contributed by atoms with Crippen LogP contribution >= 0.6 is 11.6 Å². The van der Waals surface area contributed by atoms with Gasteiger partial charge in [0.05, 0.1) is 16.9 Å². The molecular weight excluding hydrogens is 469 g/mol. The Bertz CT molecular complexity index is 1360. The number of pyridine rings is 1. The third-order valence-electron chi connectivity index (χ3n) is 6.17. The van der Waals surface area contributed by atoms with Gasteiger partial charge in [0.2, 0.25) is 0 Å². The van der Waals surface area contributed by atoms with Crippen LogP contribution in [-0.2, 0) is 25.6 Å². The average molecular weight is 491 g/mol. The SMILES string of the molecule is Cn1nccc1Nc1cc(-c2cc3n(c2)CCCn2c-3nnc2C(C)(C)C(F)(F)F)c(Cl)cn1. The van der Waals surface area contributed by atoms with Crippen LogP contribution in [0.3, 0.4) is 0 Å². The molecule has 0 saturated carbocycles. The number of hydrogen-bond donors (Lipinski definition) is 1. The number of alkyl halides is 3. The van der Waals surface area contributed by atoms with Crippen molar-refractivity contribution >= 4 is 23.2 Å². The van der Waals surface area contributed by atoms with Crippen molar-refractivity contribution < 1.29 is 13.2 Å². The molecule has 1 aliphatic rings. The highest BCUT2D eigenvalue weighted by atomic mass is 35.5. The summed E-state index contributed by atoms with van der Waals surface area (Å²) in [5.41, 5.74) is 0.120. The van der Waals surface area contributed by atoms with Crippen LogP contribution in [0.4, 0.5) is 24.8 Å². The summed E-state index contributed by atoms with van der Waals surface area (Å²) in [6, 6.07) is 5.53. The van der Waals surface area contributed by atoms with Crippen molar-refractivity contribution in [3.05, 3.63) is 47.6 Å². The van der Waals surface area contributed by atoms with E-state index >= 15 is 0 Å². The Morgan fingerprint density at radius 3 is 2.62 bits per heavy atom. The van der Waals surface area contributed by atoms with Gasteiger partial charge in [0.15, 0.2) is 5.82 Å². The van der Waals surface area contributed by atoms with E-state index in [2.05, 4.69) is 25.6 Å². The molecule has 34 heavy (non-hydrogen) atoms. The minimum Gasteiger partial charge on any atom is -0.344 e. The smallest absolute Gasteiger partial charge is 0.344 e. The second kappa shape index (κ2) is 7.86. The van der Waals surface area contributed by atoms with Gasteiger partial charge in [0, 0.05) is 49.7 Å². The van der Waals surface area contributed by atoms with E-state index in [1.54, 1.807) is 21.6 Å². The van der Waals surface area contributed by atoms with Crippen molar-refractivity contribution in [2.75, 3.05) is 5.32 Å². The Balaban J connectivity index is 1.55. The fourth-order valence-corrected chi connectivity index (χ4v) is 4.29. The van der Waals surface area contributed by atoms with E-state index in [4.69, 9.17) is 11.6 Å². The van der Waals surface area contributed by atoms with E-state index in [1.807, 2.05) is 36.0 Å². The molecule has 0 radical (unpaired) electrons. The molecule has 0 aliphatic carbocycles. The lowest BCUT2D eigenvalue weighted by molar-refractivity contribution is -0.183. The van der Waals surface area contributed by atoms with Crippen LogP contribution in [0.5, 0.6) is 0 Å². The molecule has 5 rings (SSSR count). The van der Waals surface area contributed by atoms with Crippen LogP contribution in [0.15, 0.2) is 36.8 Å². The standard InChI is InChI=1S/C22H22ClF3N8/c1-21(2,22(24,25)26)20-31-30-19-16-9-13(12-33(16)7-4-8-34(19)20)14-10-17(27-11-15(14)23)29-18-5-6-28-32(18)3/h5-6,9-12H,4,7-8H2,1-3H3,(H,27,29). The van der Waals surface area contributed by atoms with Gasteiger partial charge in [-0.3, -0.25) is 4.68 Å². The number of rotatable bonds is 4. The molecule has 0 bridgehead atoms. The summed E-state index contributed by atoms with van der Waals surface area (Å²) in [5, 5.41) is 15.9. The number of nitrogens with zero attached hydrogens (tertiary/aromatic N) is 7. The Kier molecular flexibility index (Phi) is 5.19. The van der Waals surface area contributed by atoms with Crippen molar-refractivity contribution in [3.63, 3.8) is 0 Å². The van der Waals surface area contributed by atoms with E-state index in [0.29, 0.717) is 41.9 Å². The lowest BCUT2D eigenvalue weighted by Crippen LogP contribution is -2.39. The zero-order valence-electron chi connectivity index (χ0n) is 18.7. The maximum atomic E-state index is 13.7. The number of aromatic nitrogens is 7. The second-order valence-corrected chi connectivity index (χ2v) is 9.20. The molecule has 4 aromatic rings. The van der Waals surface area contributed by atoms with Gasteiger partial charge < -0.3 is 14.5 Å². The molecule has 1 N–H and O–H groups in total.